The molecule has 0 saturated heterocycles. The number of carbonyl (C=O) groups is 1. The van der Waals surface area contributed by atoms with Crippen LogP contribution in [0.2, 0.25) is 0 Å². The molecule has 0 radical (unpaired) electrons. The van der Waals surface area contributed by atoms with E-state index in [1.54, 1.807) is 4.90 Å². The Morgan fingerprint density at radius 1 is 1.29 bits per heavy atom. The van der Waals surface area contributed by atoms with Gasteiger partial charge in [0.05, 0.1) is 0 Å². The molecule has 0 aliphatic heterocycles. The van der Waals surface area contributed by atoms with E-state index >= 15 is 0 Å². The zero-order valence-electron chi connectivity index (χ0n) is 14.7. The number of hydrogen-bond donors (Lipinski definition) is 1. The summed E-state index contributed by atoms with van der Waals surface area (Å²) in [6.45, 7) is 14.6. The molecule has 0 aromatic carbocycles. The Morgan fingerprint density at radius 2 is 1.95 bits per heavy atom. The van der Waals surface area contributed by atoms with Crippen LogP contribution < -0.4 is 5.32 Å². The first-order valence-corrected chi connectivity index (χ1v) is 8.44. The molecule has 0 spiro atoms. The SMILES string of the molecule is CCN(CCNC1CC(C)CCC1C)C(=O)OC(C)(C)C. The second kappa shape index (κ2) is 8.02. The Kier molecular flexibility index (Phi) is 6.98. The fourth-order valence-corrected chi connectivity index (χ4v) is 2.91. The van der Waals surface area contributed by atoms with E-state index in [4.69, 9.17) is 4.74 Å². The molecule has 0 aromatic rings. The summed E-state index contributed by atoms with van der Waals surface area (Å²) in [5, 5.41) is 3.63. The average Bonchev–Trinajstić information content (AvgIpc) is 2.36. The van der Waals surface area contributed by atoms with Crippen LogP contribution in [0.3, 0.4) is 0 Å². The van der Waals surface area contributed by atoms with Crippen molar-refractivity contribution in [3.63, 3.8) is 0 Å². The molecule has 3 unspecified atom stereocenters. The third-order valence-electron chi connectivity index (χ3n) is 4.28. The molecule has 1 amide bonds. The highest BCUT2D eigenvalue weighted by Gasteiger charge is 2.25. The molecular weight excluding hydrogens is 264 g/mol. The van der Waals surface area contributed by atoms with Crippen LogP contribution in [0.25, 0.3) is 0 Å². The van der Waals surface area contributed by atoms with Gasteiger partial charge in [0, 0.05) is 25.7 Å². The number of carbonyl (C=O) groups excluding carboxylic acids is 1. The van der Waals surface area contributed by atoms with Crippen LogP contribution in [0.4, 0.5) is 4.79 Å². The summed E-state index contributed by atoms with van der Waals surface area (Å²) in [4.78, 5) is 13.8. The number of likely N-dealkylation sites (N-methyl/N-ethyl adjacent to an activating group) is 1. The topological polar surface area (TPSA) is 41.6 Å². The summed E-state index contributed by atoms with van der Waals surface area (Å²) < 4.78 is 5.43. The molecule has 4 nitrogen and oxygen atoms in total. The smallest absolute Gasteiger partial charge is 0.410 e. The minimum atomic E-state index is -0.425. The molecule has 3 atom stereocenters. The van der Waals surface area contributed by atoms with Crippen molar-refractivity contribution in [3.8, 4) is 0 Å². The summed E-state index contributed by atoms with van der Waals surface area (Å²) >= 11 is 0. The Morgan fingerprint density at radius 3 is 2.52 bits per heavy atom. The van der Waals surface area contributed by atoms with Crippen molar-refractivity contribution in [2.75, 3.05) is 19.6 Å². The van der Waals surface area contributed by atoms with Gasteiger partial charge in [-0.05, 0) is 52.4 Å². The van der Waals surface area contributed by atoms with Crippen LogP contribution in [0.15, 0.2) is 0 Å². The minimum absolute atomic E-state index is 0.211. The molecule has 1 rings (SSSR count). The lowest BCUT2D eigenvalue weighted by Crippen LogP contribution is -2.45. The van der Waals surface area contributed by atoms with Crippen LogP contribution >= 0.6 is 0 Å². The Balaban J connectivity index is 2.36. The van der Waals surface area contributed by atoms with E-state index in [0.717, 1.165) is 18.4 Å². The van der Waals surface area contributed by atoms with Gasteiger partial charge in [-0.15, -0.1) is 0 Å². The Bertz CT molecular complexity index is 325. The highest BCUT2D eigenvalue weighted by molar-refractivity contribution is 5.68. The third kappa shape index (κ3) is 6.68. The molecule has 1 aliphatic carbocycles. The fraction of sp³-hybridized carbons (Fsp3) is 0.941. The van der Waals surface area contributed by atoms with Crippen LogP contribution in [-0.4, -0.2) is 42.3 Å². The second-order valence-electron chi connectivity index (χ2n) is 7.52. The quantitative estimate of drug-likeness (QED) is 0.842. The Hall–Kier alpha value is -0.770. The predicted octanol–water partition coefficient (Wildman–Crippen LogP) is 3.66. The lowest BCUT2D eigenvalue weighted by atomic mass is 9.80. The summed E-state index contributed by atoms with van der Waals surface area (Å²) in [6, 6.07) is 0.589. The van der Waals surface area contributed by atoms with Gasteiger partial charge in [-0.25, -0.2) is 4.79 Å². The zero-order valence-corrected chi connectivity index (χ0v) is 14.7. The molecule has 0 bridgehead atoms. The van der Waals surface area contributed by atoms with Crippen molar-refractivity contribution in [1.82, 2.24) is 10.2 Å². The van der Waals surface area contributed by atoms with Crippen molar-refractivity contribution in [2.24, 2.45) is 11.8 Å². The molecule has 1 N–H and O–H groups in total. The van der Waals surface area contributed by atoms with Crippen LogP contribution in [0, 0.1) is 11.8 Å². The average molecular weight is 298 g/mol. The zero-order chi connectivity index (χ0) is 16.0. The van der Waals surface area contributed by atoms with Gasteiger partial charge in [0.15, 0.2) is 0 Å². The van der Waals surface area contributed by atoms with Gasteiger partial charge in [-0.1, -0.05) is 20.3 Å². The molecule has 0 aromatic heterocycles. The minimum Gasteiger partial charge on any atom is -0.444 e. The Labute approximate surface area is 130 Å². The third-order valence-corrected chi connectivity index (χ3v) is 4.28. The van der Waals surface area contributed by atoms with Crippen LogP contribution in [0.5, 0.6) is 0 Å². The number of ether oxygens (including phenoxy) is 1. The first-order chi connectivity index (χ1) is 9.73. The maximum absolute atomic E-state index is 12.1. The standard InChI is InChI=1S/C17H34N2O2/c1-7-19(16(20)21-17(4,5)6)11-10-18-15-12-13(2)8-9-14(15)3/h13-15,18H,7-12H2,1-6H3. The monoisotopic (exact) mass is 298 g/mol. The van der Waals surface area contributed by atoms with Gasteiger partial charge in [0.1, 0.15) is 5.60 Å². The molecular formula is C17H34N2O2. The summed E-state index contributed by atoms with van der Waals surface area (Å²) in [5.41, 5.74) is -0.425. The van der Waals surface area contributed by atoms with E-state index in [-0.39, 0.29) is 6.09 Å². The maximum atomic E-state index is 12.1. The van der Waals surface area contributed by atoms with Crippen molar-refractivity contribution in [1.29, 1.82) is 0 Å². The van der Waals surface area contributed by atoms with Crippen LogP contribution in [-0.2, 0) is 4.74 Å². The molecule has 1 fully saturated rings. The molecule has 1 aliphatic rings. The summed E-state index contributed by atoms with van der Waals surface area (Å²) in [7, 11) is 0. The number of nitrogens with one attached hydrogen (secondary N) is 1. The van der Waals surface area contributed by atoms with Crippen molar-refractivity contribution in [2.45, 2.75) is 72.4 Å². The van der Waals surface area contributed by atoms with E-state index in [0.29, 0.717) is 19.1 Å². The van der Waals surface area contributed by atoms with Crippen LogP contribution in [0.1, 0.15) is 60.8 Å². The molecule has 21 heavy (non-hydrogen) atoms. The number of amides is 1. The molecule has 4 heteroatoms. The normalized spacial score (nSPS) is 26.5. The van der Waals surface area contributed by atoms with E-state index < -0.39 is 5.60 Å². The van der Waals surface area contributed by atoms with E-state index in [9.17, 15) is 4.79 Å². The van der Waals surface area contributed by atoms with E-state index in [1.165, 1.54) is 19.3 Å². The highest BCUT2D eigenvalue weighted by atomic mass is 16.6. The predicted molar refractivity (Wildman–Crippen MR) is 87.5 cm³/mol. The second-order valence-corrected chi connectivity index (χ2v) is 7.52. The van der Waals surface area contributed by atoms with Gasteiger partial charge >= 0.3 is 6.09 Å². The first-order valence-electron chi connectivity index (χ1n) is 8.44. The van der Waals surface area contributed by atoms with Gasteiger partial charge in [-0.2, -0.15) is 0 Å². The molecule has 124 valence electrons. The van der Waals surface area contributed by atoms with Gasteiger partial charge in [0.2, 0.25) is 0 Å². The van der Waals surface area contributed by atoms with Crippen molar-refractivity contribution < 1.29 is 9.53 Å². The van der Waals surface area contributed by atoms with E-state index in [2.05, 4.69) is 19.2 Å². The van der Waals surface area contributed by atoms with Gasteiger partial charge in [-0.3, -0.25) is 0 Å². The summed E-state index contributed by atoms with van der Waals surface area (Å²) in [5.74, 6) is 1.55. The van der Waals surface area contributed by atoms with Gasteiger partial charge < -0.3 is 15.0 Å². The maximum Gasteiger partial charge on any atom is 0.410 e. The van der Waals surface area contributed by atoms with Crippen molar-refractivity contribution in [3.05, 3.63) is 0 Å². The number of nitrogens with zero attached hydrogens (tertiary/aromatic N) is 1. The largest absolute Gasteiger partial charge is 0.444 e. The molecule has 0 heterocycles. The lowest BCUT2D eigenvalue weighted by molar-refractivity contribution is 0.0259. The number of hydrogen-bond acceptors (Lipinski definition) is 3. The lowest BCUT2D eigenvalue weighted by Gasteiger charge is -2.34. The van der Waals surface area contributed by atoms with E-state index in [1.807, 2.05) is 27.7 Å². The fourth-order valence-electron chi connectivity index (χ4n) is 2.91. The first kappa shape index (κ1) is 18.3. The number of rotatable bonds is 5. The summed E-state index contributed by atoms with van der Waals surface area (Å²) in [6.07, 6.45) is 3.69. The van der Waals surface area contributed by atoms with Crippen molar-refractivity contribution >= 4 is 6.09 Å². The highest BCUT2D eigenvalue weighted by Crippen LogP contribution is 2.28. The van der Waals surface area contributed by atoms with Gasteiger partial charge in [0.25, 0.3) is 0 Å². The molecule has 1 saturated carbocycles.